The number of nitrogens with zero attached hydrogens (tertiary/aromatic N) is 3. The fourth-order valence-corrected chi connectivity index (χ4v) is 2.43. The summed E-state index contributed by atoms with van der Waals surface area (Å²) in [5.41, 5.74) is -0.226. The topological polar surface area (TPSA) is 59.9 Å². The predicted molar refractivity (Wildman–Crippen MR) is 89.2 cm³/mol. The molecule has 0 aliphatic carbocycles. The van der Waals surface area contributed by atoms with E-state index in [0.717, 1.165) is 6.07 Å². The van der Waals surface area contributed by atoms with Crippen molar-refractivity contribution >= 4 is 29.0 Å². The van der Waals surface area contributed by atoms with Crippen LogP contribution >= 0.6 is 23.2 Å². The molecule has 2 rings (SSSR count). The van der Waals surface area contributed by atoms with Gasteiger partial charge in [-0.05, 0) is 19.4 Å². The van der Waals surface area contributed by atoms with Crippen molar-refractivity contribution in [3.8, 4) is 5.88 Å². The number of aromatic nitrogens is 3. The van der Waals surface area contributed by atoms with Crippen molar-refractivity contribution in [2.45, 2.75) is 32.5 Å². The zero-order valence-electron chi connectivity index (χ0n) is 13.4. The Kier molecular flexibility index (Phi) is 6.29. The molecule has 0 unspecified atom stereocenters. The number of anilines is 1. The van der Waals surface area contributed by atoms with Crippen LogP contribution in [0.15, 0.2) is 18.6 Å². The van der Waals surface area contributed by atoms with Gasteiger partial charge in [0.15, 0.2) is 0 Å². The van der Waals surface area contributed by atoms with Gasteiger partial charge in [0, 0.05) is 6.20 Å². The second-order valence-electron chi connectivity index (χ2n) is 5.20. The molecule has 5 nitrogen and oxygen atoms in total. The Labute approximate surface area is 152 Å². The Balaban J connectivity index is 2.00. The van der Waals surface area contributed by atoms with Crippen molar-refractivity contribution in [1.82, 2.24) is 15.0 Å². The molecule has 2 heterocycles. The standard InChI is InChI=1S/C15H15Cl2F3N4O/c1-3-11-12(17)13(23-7-22-11)24-8(2)6-25-14-10(16)4-9(5-21-14)15(18,19)20/h4-5,7-8H,3,6H2,1-2H3,(H,22,23,24)/t8-/m0/s1. The maximum Gasteiger partial charge on any atom is 0.417 e. The van der Waals surface area contributed by atoms with Crippen LogP contribution in [0.4, 0.5) is 19.0 Å². The third-order valence-corrected chi connectivity index (χ3v) is 3.85. The van der Waals surface area contributed by atoms with Crippen molar-refractivity contribution < 1.29 is 17.9 Å². The molecule has 0 aliphatic heterocycles. The zero-order valence-corrected chi connectivity index (χ0v) is 14.9. The predicted octanol–water partition coefficient (Wildman–Crippen LogP) is 4.64. The first-order valence-corrected chi connectivity index (χ1v) is 8.09. The quantitative estimate of drug-likeness (QED) is 0.773. The number of aryl methyl sites for hydroxylation is 1. The number of hydrogen-bond donors (Lipinski definition) is 1. The summed E-state index contributed by atoms with van der Waals surface area (Å²) < 4.78 is 43.1. The SMILES string of the molecule is CCc1ncnc(N[C@@H](C)COc2ncc(C(F)(F)F)cc2Cl)c1Cl. The Morgan fingerprint density at radius 3 is 2.56 bits per heavy atom. The van der Waals surface area contributed by atoms with Gasteiger partial charge >= 0.3 is 6.18 Å². The molecule has 0 bridgehead atoms. The van der Waals surface area contributed by atoms with E-state index < -0.39 is 11.7 Å². The van der Waals surface area contributed by atoms with Gasteiger partial charge in [-0.15, -0.1) is 0 Å². The van der Waals surface area contributed by atoms with Crippen LogP contribution in [-0.4, -0.2) is 27.6 Å². The Morgan fingerprint density at radius 1 is 1.24 bits per heavy atom. The summed E-state index contributed by atoms with van der Waals surface area (Å²) in [7, 11) is 0. The van der Waals surface area contributed by atoms with Crippen LogP contribution in [-0.2, 0) is 12.6 Å². The minimum Gasteiger partial charge on any atom is -0.474 e. The van der Waals surface area contributed by atoms with Crippen LogP contribution in [0.2, 0.25) is 10.0 Å². The van der Waals surface area contributed by atoms with Gasteiger partial charge in [-0.1, -0.05) is 30.1 Å². The van der Waals surface area contributed by atoms with Crippen molar-refractivity contribution in [3.63, 3.8) is 0 Å². The van der Waals surface area contributed by atoms with E-state index in [1.54, 1.807) is 6.92 Å². The number of alkyl halides is 3. The van der Waals surface area contributed by atoms with Crippen molar-refractivity contribution in [1.29, 1.82) is 0 Å². The molecular formula is C15H15Cl2F3N4O. The van der Waals surface area contributed by atoms with Gasteiger partial charge in [0.05, 0.1) is 17.3 Å². The molecule has 2 aromatic heterocycles. The number of ether oxygens (including phenoxy) is 1. The first-order chi connectivity index (χ1) is 11.7. The van der Waals surface area contributed by atoms with Crippen LogP contribution in [0.25, 0.3) is 0 Å². The van der Waals surface area contributed by atoms with E-state index in [1.165, 1.54) is 6.33 Å². The Hall–Kier alpha value is -1.80. The molecule has 0 aromatic carbocycles. The number of hydrogen-bond acceptors (Lipinski definition) is 5. The smallest absolute Gasteiger partial charge is 0.417 e. The molecule has 1 atom stereocenters. The monoisotopic (exact) mass is 394 g/mol. The van der Waals surface area contributed by atoms with Crippen LogP contribution in [0.3, 0.4) is 0 Å². The number of pyridine rings is 1. The highest BCUT2D eigenvalue weighted by molar-refractivity contribution is 6.33. The van der Waals surface area contributed by atoms with Crippen LogP contribution < -0.4 is 10.1 Å². The first-order valence-electron chi connectivity index (χ1n) is 7.33. The molecule has 1 N–H and O–H groups in total. The van der Waals surface area contributed by atoms with E-state index in [-0.39, 0.29) is 23.6 Å². The molecule has 0 radical (unpaired) electrons. The maximum absolute atomic E-state index is 12.6. The highest BCUT2D eigenvalue weighted by Crippen LogP contribution is 2.33. The molecule has 136 valence electrons. The molecule has 2 aromatic rings. The lowest BCUT2D eigenvalue weighted by molar-refractivity contribution is -0.137. The molecule has 0 saturated heterocycles. The van der Waals surface area contributed by atoms with Crippen molar-refractivity contribution in [2.24, 2.45) is 0 Å². The lowest BCUT2D eigenvalue weighted by Crippen LogP contribution is -2.25. The van der Waals surface area contributed by atoms with Gasteiger partial charge < -0.3 is 10.1 Å². The van der Waals surface area contributed by atoms with Gasteiger partial charge in [0.25, 0.3) is 0 Å². The lowest BCUT2D eigenvalue weighted by Gasteiger charge is -2.17. The minimum absolute atomic E-state index is 0.0775. The molecule has 10 heteroatoms. The Morgan fingerprint density at radius 2 is 1.96 bits per heavy atom. The van der Waals surface area contributed by atoms with Crippen LogP contribution in [0.5, 0.6) is 5.88 Å². The number of halogens is 5. The van der Waals surface area contributed by atoms with Crippen molar-refractivity contribution in [3.05, 3.63) is 39.9 Å². The van der Waals surface area contributed by atoms with Crippen LogP contribution in [0, 0.1) is 0 Å². The van der Waals surface area contributed by atoms with Gasteiger partial charge in [-0.2, -0.15) is 13.2 Å². The van der Waals surface area contributed by atoms with E-state index in [0.29, 0.717) is 29.2 Å². The zero-order chi connectivity index (χ0) is 18.6. The summed E-state index contributed by atoms with van der Waals surface area (Å²) in [4.78, 5) is 11.7. The van der Waals surface area contributed by atoms with Crippen molar-refractivity contribution in [2.75, 3.05) is 11.9 Å². The summed E-state index contributed by atoms with van der Waals surface area (Å²) in [5.74, 6) is 0.377. The normalized spacial score (nSPS) is 12.8. The van der Waals surface area contributed by atoms with E-state index in [2.05, 4.69) is 20.3 Å². The molecule has 0 aliphatic rings. The summed E-state index contributed by atoms with van der Waals surface area (Å²) in [6, 6.07) is 0.522. The highest BCUT2D eigenvalue weighted by atomic mass is 35.5. The van der Waals surface area contributed by atoms with E-state index in [9.17, 15) is 13.2 Å². The maximum atomic E-state index is 12.6. The fourth-order valence-electron chi connectivity index (χ4n) is 1.92. The third kappa shape index (κ3) is 5.09. The second kappa shape index (κ2) is 8.05. The molecule has 0 saturated carbocycles. The van der Waals surface area contributed by atoms with Crippen LogP contribution in [0.1, 0.15) is 25.1 Å². The third-order valence-electron chi connectivity index (χ3n) is 3.18. The molecule has 0 amide bonds. The second-order valence-corrected chi connectivity index (χ2v) is 5.99. The van der Waals surface area contributed by atoms with Gasteiger partial charge in [0.2, 0.25) is 5.88 Å². The molecule has 25 heavy (non-hydrogen) atoms. The van der Waals surface area contributed by atoms with E-state index in [1.807, 2.05) is 6.92 Å². The highest BCUT2D eigenvalue weighted by Gasteiger charge is 2.31. The average molecular weight is 395 g/mol. The molecule has 0 spiro atoms. The number of rotatable bonds is 6. The van der Waals surface area contributed by atoms with E-state index in [4.69, 9.17) is 27.9 Å². The number of nitrogens with one attached hydrogen (secondary N) is 1. The fraction of sp³-hybridized carbons (Fsp3) is 0.400. The molecule has 0 fully saturated rings. The summed E-state index contributed by atoms with van der Waals surface area (Å²) >= 11 is 12.0. The van der Waals surface area contributed by atoms with Gasteiger partial charge in [-0.3, -0.25) is 0 Å². The van der Waals surface area contributed by atoms with E-state index >= 15 is 0 Å². The minimum atomic E-state index is -4.51. The summed E-state index contributed by atoms with van der Waals surface area (Å²) in [6.45, 7) is 3.81. The van der Waals surface area contributed by atoms with Gasteiger partial charge in [0.1, 0.15) is 28.8 Å². The Bertz CT molecular complexity index is 743. The average Bonchev–Trinajstić information content (AvgIpc) is 2.54. The van der Waals surface area contributed by atoms with Gasteiger partial charge in [-0.25, -0.2) is 15.0 Å². The largest absolute Gasteiger partial charge is 0.474 e. The first kappa shape index (κ1) is 19.5. The summed E-state index contributed by atoms with van der Waals surface area (Å²) in [5, 5.41) is 3.26. The summed E-state index contributed by atoms with van der Waals surface area (Å²) in [6.07, 6.45) is -1.78. The molecular weight excluding hydrogens is 380 g/mol. The lowest BCUT2D eigenvalue weighted by atomic mass is 10.3.